The SMILES string of the molecule is CC.Fc1cc(Br)cc(OC(F)(F)C(F)F)c1. The van der Waals surface area contributed by atoms with Crippen LogP contribution in [0.4, 0.5) is 22.0 Å². The molecule has 1 aromatic carbocycles. The van der Waals surface area contributed by atoms with Gasteiger partial charge in [-0.05, 0) is 12.1 Å². The molecule has 1 nitrogen and oxygen atoms in total. The van der Waals surface area contributed by atoms with Crippen LogP contribution < -0.4 is 4.74 Å². The monoisotopic (exact) mass is 320 g/mol. The van der Waals surface area contributed by atoms with Crippen molar-refractivity contribution >= 4 is 15.9 Å². The summed E-state index contributed by atoms with van der Waals surface area (Å²) in [5.74, 6) is -1.54. The summed E-state index contributed by atoms with van der Waals surface area (Å²) in [6.07, 6.45) is -8.60. The molecule has 0 unspecified atom stereocenters. The fraction of sp³-hybridized carbons (Fsp3) is 0.400. The number of hydrogen-bond donors (Lipinski definition) is 0. The van der Waals surface area contributed by atoms with Gasteiger partial charge in [0.15, 0.2) is 0 Å². The maximum Gasteiger partial charge on any atom is 0.461 e. The van der Waals surface area contributed by atoms with Crippen molar-refractivity contribution in [1.29, 1.82) is 0 Å². The van der Waals surface area contributed by atoms with Crippen LogP contribution in [-0.4, -0.2) is 12.5 Å². The first-order valence-corrected chi connectivity index (χ1v) is 5.41. The van der Waals surface area contributed by atoms with Crippen LogP contribution in [0.15, 0.2) is 22.7 Å². The van der Waals surface area contributed by atoms with E-state index < -0.39 is 24.1 Å². The average molecular weight is 321 g/mol. The van der Waals surface area contributed by atoms with Crippen LogP contribution in [0, 0.1) is 5.82 Å². The van der Waals surface area contributed by atoms with E-state index in [1.165, 1.54) is 0 Å². The van der Waals surface area contributed by atoms with Crippen LogP contribution in [0.5, 0.6) is 5.75 Å². The lowest BCUT2D eigenvalue weighted by atomic mass is 10.3. The van der Waals surface area contributed by atoms with Crippen molar-refractivity contribution in [3.05, 3.63) is 28.5 Å². The van der Waals surface area contributed by atoms with E-state index in [0.717, 1.165) is 12.1 Å². The highest BCUT2D eigenvalue weighted by molar-refractivity contribution is 9.10. The summed E-state index contributed by atoms with van der Waals surface area (Å²) in [5, 5.41) is 0. The van der Waals surface area contributed by atoms with E-state index in [0.29, 0.717) is 6.07 Å². The number of rotatable bonds is 3. The molecule has 0 heterocycles. The highest BCUT2D eigenvalue weighted by Crippen LogP contribution is 2.29. The maximum atomic E-state index is 12.7. The van der Waals surface area contributed by atoms with Crippen molar-refractivity contribution in [3.63, 3.8) is 0 Å². The van der Waals surface area contributed by atoms with Gasteiger partial charge in [0.2, 0.25) is 0 Å². The Morgan fingerprint density at radius 1 is 1.18 bits per heavy atom. The Bertz CT molecular complexity index is 336. The molecule has 1 rings (SSSR count). The van der Waals surface area contributed by atoms with Gasteiger partial charge in [-0.15, -0.1) is 0 Å². The predicted octanol–water partition coefficient (Wildman–Crippen LogP) is 4.85. The number of benzene rings is 1. The summed E-state index contributed by atoms with van der Waals surface area (Å²) >= 11 is 2.81. The lowest BCUT2D eigenvalue weighted by molar-refractivity contribution is -0.253. The number of alkyl halides is 4. The van der Waals surface area contributed by atoms with Gasteiger partial charge in [0.25, 0.3) is 0 Å². The third-order valence-electron chi connectivity index (χ3n) is 1.34. The second kappa shape index (κ2) is 6.78. The Morgan fingerprint density at radius 2 is 1.71 bits per heavy atom. The Labute approximate surface area is 104 Å². The molecule has 0 amide bonds. The van der Waals surface area contributed by atoms with Crippen LogP contribution in [0.25, 0.3) is 0 Å². The van der Waals surface area contributed by atoms with Crippen molar-refractivity contribution < 1.29 is 26.7 Å². The first kappa shape index (κ1) is 16.1. The normalized spacial score (nSPS) is 10.9. The molecule has 98 valence electrons. The van der Waals surface area contributed by atoms with E-state index >= 15 is 0 Å². The number of halogens is 6. The van der Waals surface area contributed by atoms with Gasteiger partial charge in [-0.3, -0.25) is 0 Å². The van der Waals surface area contributed by atoms with Crippen molar-refractivity contribution in [2.24, 2.45) is 0 Å². The van der Waals surface area contributed by atoms with E-state index in [9.17, 15) is 22.0 Å². The molecule has 0 aliphatic rings. The smallest absolute Gasteiger partial charge is 0.428 e. The first-order valence-electron chi connectivity index (χ1n) is 4.62. The van der Waals surface area contributed by atoms with Gasteiger partial charge in [0.1, 0.15) is 11.6 Å². The zero-order chi connectivity index (χ0) is 13.6. The van der Waals surface area contributed by atoms with Crippen molar-refractivity contribution in [1.82, 2.24) is 0 Å². The summed E-state index contributed by atoms with van der Waals surface area (Å²) in [4.78, 5) is 0. The second-order valence-electron chi connectivity index (χ2n) is 2.57. The molecule has 1 aromatic rings. The minimum Gasteiger partial charge on any atom is -0.428 e. The standard InChI is InChI=1S/C8H4BrF5O.C2H6/c9-4-1-5(10)3-6(2-4)15-8(13,14)7(11)12;1-2/h1-3,7H;1-2H3. The van der Waals surface area contributed by atoms with E-state index in [2.05, 4.69) is 20.7 Å². The summed E-state index contributed by atoms with van der Waals surface area (Å²) in [6.45, 7) is 4.00. The van der Waals surface area contributed by atoms with Crippen LogP contribution in [0.2, 0.25) is 0 Å². The molecule has 7 heteroatoms. The van der Waals surface area contributed by atoms with E-state index in [1.807, 2.05) is 13.8 Å². The highest BCUT2D eigenvalue weighted by atomic mass is 79.9. The van der Waals surface area contributed by atoms with Crippen molar-refractivity contribution in [2.75, 3.05) is 0 Å². The van der Waals surface area contributed by atoms with Gasteiger partial charge >= 0.3 is 12.5 Å². The largest absolute Gasteiger partial charge is 0.461 e. The van der Waals surface area contributed by atoms with Crippen LogP contribution in [-0.2, 0) is 0 Å². The zero-order valence-electron chi connectivity index (χ0n) is 8.99. The summed E-state index contributed by atoms with van der Waals surface area (Å²) < 4.78 is 64.7. The maximum absolute atomic E-state index is 12.7. The molecule has 0 saturated heterocycles. The number of hydrogen-bond acceptors (Lipinski definition) is 1. The third-order valence-corrected chi connectivity index (χ3v) is 1.80. The van der Waals surface area contributed by atoms with Crippen LogP contribution >= 0.6 is 15.9 Å². The minimum atomic E-state index is -4.63. The highest BCUT2D eigenvalue weighted by Gasteiger charge is 2.44. The summed E-state index contributed by atoms with van der Waals surface area (Å²) in [7, 11) is 0. The predicted molar refractivity (Wildman–Crippen MR) is 57.0 cm³/mol. The van der Waals surface area contributed by atoms with E-state index in [-0.39, 0.29) is 4.47 Å². The molecule has 0 atom stereocenters. The molecule has 0 aliphatic carbocycles. The van der Waals surface area contributed by atoms with Gasteiger partial charge in [-0.2, -0.15) is 17.6 Å². The fourth-order valence-electron chi connectivity index (χ4n) is 0.789. The lowest BCUT2D eigenvalue weighted by Crippen LogP contribution is -2.33. The van der Waals surface area contributed by atoms with Gasteiger partial charge in [0.05, 0.1) is 0 Å². The summed E-state index contributed by atoms with van der Waals surface area (Å²) in [5.41, 5.74) is 0. The van der Waals surface area contributed by atoms with Gasteiger partial charge in [-0.25, -0.2) is 4.39 Å². The minimum absolute atomic E-state index is 0.113. The molecule has 0 radical (unpaired) electrons. The molecule has 0 aliphatic heterocycles. The first-order chi connectivity index (χ1) is 7.81. The van der Waals surface area contributed by atoms with Gasteiger partial charge < -0.3 is 4.74 Å². The van der Waals surface area contributed by atoms with Crippen LogP contribution in [0.3, 0.4) is 0 Å². The Kier molecular flexibility index (Phi) is 6.44. The topological polar surface area (TPSA) is 9.23 Å². The summed E-state index contributed by atoms with van der Waals surface area (Å²) in [6, 6.07) is 2.52. The molecule has 0 aromatic heterocycles. The van der Waals surface area contributed by atoms with Crippen LogP contribution in [0.1, 0.15) is 13.8 Å². The molecule has 0 N–H and O–H groups in total. The Balaban J connectivity index is 0.00000121. The van der Waals surface area contributed by atoms with Crippen molar-refractivity contribution in [2.45, 2.75) is 26.4 Å². The molecule has 0 spiro atoms. The zero-order valence-corrected chi connectivity index (χ0v) is 10.6. The molecule has 0 saturated carbocycles. The second-order valence-corrected chi connectivity index (χ2v) is 3.49. The molecular weight excluding hydrogens is 311 g/mol. The average Bonchev–Trinajstić information content (AvgIpc) is 2.17. The quantitative estimate of drug-likeness (QED) is 0.723. The Hall–Kier alpha value is -0.850. The number of ether oxygens (including phenoxy) is 1. The van der Waals surface area contributed by atoms with E-state index in [1.54, 1.807) is 0 Å². The van der Waals surface area contributed by atoms with Gasteiger partial charge in [0, 0.05) is 10.5 Å². The lowest BCUT2D eigenvalue weighted by Gasteiger charge is -2.16. The fourth-order valence-corrected chi connectivity index (χ4v) is 1.23. The van der Waals surface area contributed by atoms with E-state index in [4.69, 9.17) is 0 Å². The third kappa shape index (κ3) is 5.34. The molecular formula is C10H10BrF5O. The molecule has 0 fully saturated rings. The van der Waals surface area contributed by atoms with Gasteiger partial charge in [-0.1, -0.05) is 29.8 Å². The molecule has 17 heavy (non-hydrogen) atoms. The van der Waals surface area contributed by atoms with Crippen molar-refractivity contribution in [3.8, 4) is 5.75 Å². The molecule has 0 bridgehead atoms. The Morgan fingerprint density at radius 3 is 2.12 bits per heavy atom.